The number of nitriles is 1. The normalized spacial score (nSPS) is 21.9. The zero-order valence-electron chi connectivity index (χ0n) is 8.25. The molecule has 0 aromatic carbocycles. The molecule has 2 nitrogen and oxygen atoms in total. The molecule has 2 heteroatoms. The van der Waals surface area contributed by atoms with Crippen molar-refractivity contribution in [1.82, 2.24) is 4.90 Å². The van der Waals surface area contributed by atoms with Crippen LogP contribution in [0, 0.1) is 23.2 Å². The van der Waals surface area contributed by atoms with Crippen LogP contribution in [-0.4, -0.2) is 24.0 Å². The summed E-state index contributed by atoms with van der Waals surface area (Å²) < 4.78 is 0. The van der Waals surface area contributed by atoms with E-state index in [1.807, 2.05) is 0 Å². The van der Waals surface area contributed by atoms with Gasteiger partial charge in [0.2, 0.25) is 0 Å². The zero-order valence-corrected chi connectivity index (χ0v) is 8.25. The van der Waals surface area contributed by atoms with Crippen LogP contribution in [0.1, 0.15) is 27.2 Å². The molecule has 0 saturated carbocycles. The third kappa shape index (κ3) is 1.78. The maximum Gasteiger partial charge on any atom is 0.0975 e. The first kappa shape index (κ1) is 9.54. The molecule has 0 N–H and O–H groups in total. The minimum absolute atomic E-state index is 0.167. The Balaban J connectivity index is 2.29. The highest BCUT2D eigenvalue weighted by Crippen LogP contribution is 2.25. The van der Waals surface area contributed by atoms with Crippen LogP contribution in [0.5, 0.6) is 0 Å². The van der Waals surface area contributed by atoms with E-state index in [1.54, 1.807) is 0 Å². The van der Waals surface area contributed by atoms with Crippen molar-refractivity contribution >= 4 is 0 Å². The van der Waals surface area contributed by atoms with E-state index < -0.39 is 0 Å². The van der Waals surface area contributed by atoms with Crippen molar-refractivity contribution in [3.8, 4) is 6.07 Å². The Labute approximate surface area is 75.2 Å². The zero-order chi connectivity index (χ0) is 9.14. The van der Waals surface area contributed by atoms with Gasteiger partial charge in [0.05, 0.1) is 12.1 Å². The molecule has 12 heavy (non-hydrogen) atoms. The summed E-state index contributed by atoms with van der Waals surface area (Å²) in [5, 5.41) is 8.79. The molecule has 1 aliphatic rings. The summed E-state index contributed by atoms with van der Waals surface area (Å²) in [5.41, 5.74) is 0. The highest BCUT2D eigenvalue weighted by Gasteiger charge is 2.32. The van der Waals surface area contributed by atoms with Gasteiger partial charge in [0.1, 0.15) is 0 Å². The minimum Gasteiger partial charge on any atom is -0.287 e. The molecule has 0 aliphatic carbocycles. The van der Waals surface area contributed by atoms with Gasteiger partial charge in [0.25, 0.3) is 0 Å². The van der Waals surface area contributed by atoms with Gasteiger partial charge in [-0.25, -0.2) is 0 Å². The Morgan fingerprint density at radius 3 is 2.42 bits per heavy atom. The molecule has 1 saturated heterocycles. The molecule has 0 radical (unpaired) electrons. The molecule has 0 spiro atoms. The second kappa shape index (κ2) is 3.91. The molecule has 1 atom stereocenters. The van der Waals surface area contributed by atoms with Gasteiger partial charge in [-0.1, -0.05) is 20.8 Å². The van der Waals surface area contributed by atoms with Crippen LogP contribution in [0.4, 0.5) is 0 Å². The summed E-state index contributed by atoms with van der Waals surface area (Å²) in [6, 6.07) is 2.51. The number of nitrogens with zero attached hydrogens (tertiary/aromatic N) is 2. The molecular formula is C10H18N2. The average molecular weight is 166 g/mol. The maximum atomic E-state index is 8.79. The Morgan fingerprint density at radius 1 is 1.50 bits per heavy atom. The number of likely N-dealkylation sites (tertiary alicyclic amines) is 1. The highest BCUT2D eigenvalue weighted by atomic mass is 15.2. The third-order valence-corrected chi connectivity index (χ3v) is 2.86. The largest absolute Gasteiger partial charge is 0.287 e. The Hall–Kier alpha value is -0.550. The second-order valence-electron chi connectivity index (χ2n) is 4.01. The summed E-state index contributed by atoms with van der Waals surface area (Å²) in [6.07, 6.45) is 0.960. The van der Waals surface area contributed by atoms with E-state index in [9.17, 15) is 0 Å². The predicted molar refractivity (Wildman–Crippen MR) is 49.6 cm³/mol. The lowest BCUT2D eigenvalue weighted by molar-refractivity contribution is 0.0456. The number of hydrogen-bond acceptors (Lipinski definition) is 2. The second-order valence-corrected chi connectivity index (χ2v) is 4.01. The van der Waals surface area contributed by atoms with Crippen molar-refractivity contribution in [2.24, 2.45) is 11.8 Å². The smallest absolute Gasteiger partial charge is 0.0975 e. The summed E-state index contributed by atoms with van der Waals surface area (Å²) in [4.78, 5) is 2.28. The monoisotopic (exact) mass is 166 g/mol. The maximum absolute atomic E-state index is 8.79. The average Bonchev–Trinajstić information content (AvgIpc) is 1.94. The first-order valence-electron chi connectivity index (χ1n) is 4.82. The van der Waals surface area contributed by atoms with Gasteiger partial charge in [0.15, 0.2) is 0 Å². The third-order valence-electron chi connectivity index (χ3n) is 2.86. The molecule has 1 unspecified atom stereocenters. The van der Waals surface area contributed by atoms with Crippen LogP contribution < -0.4 is 0 Å². The van der Waals surface area contributed by atoms with E-state index in [2.05, 4.69) is 31.7 Å². The lowest BCUT2D eigenvalue weighted by atomic mass is 9.87. The quantitative estimate of drug-likeness (QED) is 0.640. The van der Waals surface area contributed by atoms with E-state index in [-0.39, 0.29) is 6.04 Å². The first-order chi connectivity index (χ1) is 5.69. The Morgan fingerprint density at radius 2 is 2.08 bits per heavy atom. The van der Waals surface area contributed by atoms with E-state index in [0.29, 0.717) is 0 Å². The number of hydrogen-bond donors (Lipinski definition) is 0. The molecule has 0 bridgehead atoms. The SMILES string of the molecule is CCC(C#N)N1CC(C(C)C)C1. The van der Waals surface area contributed by atoms with Crippen molar-refractivity contribution in [3.63, 3.8) is 0 Å². The van der Waals surface area contributed by atoms with Gasteiger partial charge in [-0.3, -0.25) is 4.90 Å². The van der Waals surface area contributed by atoms with Crippen molar-refractivity contribution in [2.75, 3.05) is 13.1 Å². The molecular weight excluding hydrogens is 148 g/mol. The fourth-order valence-corrected chi connectivity index (χ4v) is 1.66. The first-order valence-corrected chi connectivity index (χ1v) is 4.82. The van der Waals surface area contributed by atoms with Crippen molar-refractivity contribution in [1.29, 1.82) is 5.26 Å². The van der Waals surface area contributed by atoms with Crippen LogP contribution in [0.25, 0.3) is 0 Å². The standard InChI is InChI=1S/C10H18N2/c1-4-10(5-11)12-6-9(7-12)8(2)3/h8-10H,4,6-7H2,1-3H3. The van der Waals surface area contributed by atoms with Crippen LogP contribution in [0.15, 0.2) is 0 Å². The summed E-state index contributed by atoms with van der Waals surface area (Å²) in [5.74, 6) is 1.60. The predicted octanol–water partition coefficient (Wildman–Crippen LogP) is 1.88. The summed E-state index contributed by atoms with van der Waals surface area (Å²) >= 11 is 0. The van der Waals surface area contributed by atoms with Gasteiger partial charge in [-0.05, 0) is 18.3 Å². The molecule has 0 aromatic rings. The minimum atomic E-state index is 0.167. The van der Waals surface area contributed by atoms with Gasteiger partial charge >= 0.3 is 0 Å². The van der Waals surface area contributed by atoms with E-state index in [0.717, 1.165) is 31.3 Å². The molecule has 0 aromatic heterocycles. The van der Waals surface area contributed by atoms with E-state index in [1.165, 1.54) is 0 Å². The lowest BCUT2D eigenvalue weighted by Gasteiger charge is -2.43. The Kier molecular flexibility index (Phi) is 3.11. The van der Waals surface area contributed by atoms with Gasteiger partial charge in [-0.15, -0.1) is 0 Å². The lowest BCUT2D eigenvalue weighted by Crippen LogP contribution is -2.53. The van der Waals surface area contributed by atoms with E-state index >= 15 is 0 Å². The van der Waals surface area contributed by atoms with Gasteiger partial charge in [-0.2, -0.15) is 5.26 Å². The van der Waals surface area contributed by atoms with Crippen molar-refractivity contribution in [3.05, 3.63) is 0 Å². The topological polar surface area (TPSA) is 27.0 Å². The van der Waals surface area contributed by atoms with Crippen LogP contribution in [0.2, 0.25) is 0 Å². The fraction of sp³-hybridized carbons (Fsp3) is 0.900. The van der Waals surface area contributed by atoms with Gasteiger partial charge in [0, 0.05) is 13.1 Å². The molecule has 0 amide bonds. The molecule has 1 aliphatic heterocycles. The van der Waals surface area contributed by atoms with Gasteiger partial charge < -0.3 is 0 Å². The molecule has 68 valence electrons. The molecule has 1 fully saturated rings. The van der Waals surface area contributed by atoms with E-state index in [4.69, 9.17) is 5.26 Å². The highest BCUT2D eigenvalue weighted by molar-refractivity contribution is 4.96. The van der Waals surface area contributed by atoms with Crippen LogP contribution in [-0.2, 0) is 0 Å². The Bertz CT molecular complexity index is 175. The van der Waals surface area contributed by atoms with Crippen molar-refractivity contribution < 1.29 is 0 Å². The number of rotatable bonds is 3. The van der Waals surface area contributed by atoms with Crippen LogP contribution >= 0.6 is 0 Å². The molecule has 1 rings (SSSR count). The summed E-state index contributed by atoms with van der Waals surface area (Å²) in [7, 11) is 0. The van der Waals surface area contributed by atoms with Crippen LogP contribution in [0.3, 0.4) is 0 Å². The fourth-order valence-electron chi connectivity index (χ4n) is 1.66. The molecule has 1 heterocycles. The van der Waals surface area contributed by atoms with Crippen molar-refractivity contribution in [2.45, 2.75) is 33.2 Å². The summed E-state index contributed by atoms with van der Waals surface area (Å²) in [6.45, 7) is 8.86.